The molecular weight excluding hydrogens is 329 g/mol. The van der Waals surface area contributed by atoms with Crippen LogP contribution < -0.4 is 5.73 Å². The van der Waals surface area contributed by atoms with Gasteiger partial charge >= 0.3 is 0 Å². The number of hydrogen-bond acceptors (Lipinski definition) is 5. The summed E-state index contributed by atoms with van der Waals surface area (Å²) in [6.07, 6.45) is 1.04. The number of hydrogen-bond donors (Lipinski definition) is 1. The highest BCUT2D eigenvalue weighted by Gasteiger charge is 2.29. The van der Waals surface area contributed by atoms with Crippen molar-refractivity contribution in [3.8, 4) is 0 Å². The SMILES string of the molecule is CCN(CC)CCOC1CCN(C(=O)C(N)COC)C1.Cl.Cl. The van der Waals surface area contributed by atoms with Crippen LogP contribution in [-0.4, -0.2) is 80.9 Å². The summed E-state index contributed by atoms with van der Waals surface area (Å²) >= 11 is 0. The fourth-order valence-corrected chi connectivity index (χ4v) is 2.44. The van der Waals surface area contributed by atoms with E-state index >= 15 is 0 Å². The summed E-state index contributed by atoms with van der Waals surface area (Å²) in [5.74, 6) is -0.0401. The average molecular weight is 360 g/mol. The number of amides is 1. The third-order valence-electron chi connectivity index (χ3n) is 3.78. The topological polar surface area (TPSA) is 68.0 Å². The first-order chi connectivity index (χ1) is 9.62. The second kappa shape index (κ2) is 13.3. The van der Waals surface area contributed by atoms with Gasteiger partial charge < -0.3 is 25.0 Å². The highest BCUT2D eigenvalue weighted by Crippen LogP contribution is 2.13. The summed E-state index contributed by atoms with van der Waals surface area (Å²) in [6, 6.07) is -0.561. The summed E-state index contributed by atoms with van der Waals surface area (Å²) < 4.78 is 10.8. The van der Waals surface area contributed by atoms with Gasteiger partial charge in [-0.1, -0.05) is 13.8 Å². The number of ether oxygens (including phenoxy) is 2. The summed E-state index contributed by atoms with van der Waals surface area (Å²) in [6.45, 7) is 9.69. The zero-order valence-electron chi connectivity index (χ0n) is 13.8. The van der Waals surface area contributed by atoms with Gasteiger partial charge in [0.1, 0.15) is 6.04 Å². The quantitative estimate of drug-likeness (QED) is 0.658. The molecule has 1 heterocycles. The van der Waals surface area contributed by atoms with Crippen molar-refractivity contribution in [2.45, 2.75) is 32.4 Å². The lowest BCUT2D eigenvalue weighted by molar-refractivity contribution is -0.133. The minimum atomic E-state index is -0.561. The van der Waals surface area contributed by atoms with E-state index in [9.17, 15) is 4.79 Å². The van der Waals surface area contributed by atoms with Gasteiger partial charge in [0.05, 0.1) is 19.3 Å². The van der Waals surface area contributed by atoms with Gasteiger partial charge in [0.2, 0.25) is 5.91 Å². The number of methoxy groups -OCH3 is 1. The van der Waals surface area contributed by atoms with Crippen LogP contribution in [-0.2, 0) is 14.3 Å². The van der Waals surface area contributed by atoms with E-state index in [4.69, 9.17) is 15.2 Å². The Hall–Kier alpha value is -0.110. The first kappa shape index (κ1) is 24.1. The monoisotopic (exact) mass is 359 g/mol. The van der Waals surface area contributed by atoms with Crippen molar-refractivity contribution in [2.75, 3.05) is 53.0 Å². The first-order valence-electron chi connectivity index (χ1n) is 7.49. The van der Waals surface area contributed by atoms with Crippen LogP contribution in [0.2, 0.25) is 0 Å². The number of carbonyl (C=O) groups is 1. The molecule has 1 aliphatic rings. The third kappa shape index (κ3) is 7.94. The highest BCUT2D eigenvalue weighted by atomic mass is 35.5. The van der Waals surface area contributed by atoms with E-state index < -0.39 is 6.04 Å². The molecule has 2 unspecified atom stereocenters. The summed E-state index contributed by atoms with van der Waals surface area (Å²) in [4.78, 5) is 16.1. The standard InChI is InChI=1S/C14H29N3O3.2ClH/c1-4-16(5-2)8-9-20-12-6-7-17(10-12)14(18)13(15)11-19-3;;/h12-13H,4-11,15H2,1-3H3;2*1H. The Morgan fingerprint density at radius 3 is 2.55 bits per heavy atom. The second-order valence-electron chi connectivity index (χ2n) is 5.15. The van der Waals surface area contributed by atoms with Gasteiger partial charge in [-0.05, 0) is 19.5 Å². The zero-order chi connectivity index (χ0) is 15.0. The molecule has 0 aromatic rings. The van der Waals surface area contributed by atoms with Crippen LogP contribution in [0.25, 0.3) is 0 Å². The zero-order valence-corrected chi connectivity index (χ0v) is 15.5. The van der Waals surface area contributed by atoms with Crippen molar-refractivity contribution in [1.29, 1.82) is 0 Å². The number of nitrogens with zero attached hydrogens (tertiary/aromatic N) is 2. The number of halogens is 2. The largest absolute Gasteiger partial charge is 0.383 e. The first-order valence-corrected chi connectivity index (χ1v) is 7.49. The molecule has 22 heavy (non-hydrogen) atoms. The van der Waals surface area contributed by atoms with Crippen LogP contribution in [0.1, 0.15) is 20.3 Å². The van der Waals surface area contributed by atoms with Crippen molar-refractivity contribution in [2.24, 2.45) is 5.73 Å². The minimum absolute atomic E-state index is 0. The number of likely N-dealkylation sites (N-methyl/N-ethyl adjacent to an activating group) is 1. The van der Waals surface area contributed by atoms with Gasteiger partial charge in [-0.25, -0.2) is 0 Å². The van der Waals surface area contributed by atoms with Gasteiger partial charge in [-0.2, -0.15) is 0 Å². The number of nitrogens with two attached hydrogens (primary N) is 1. The van der Waals surface area contributed by atoms with Gasteiger partial charge in [0.25, 0.3) is 0 Å². The van der Waals surface area contributed by atoms with Crippen molar-refractivity contribution in [3.05, 3.63) is 0 Å². The van der Waals surface area contributed by atoms with Gasteiger partial charge in [0, 0.05) is 26.7 Å². The molecular formula is C14H31Cl2N3O3. The molecule has 8 heteroatoms. The van der Waals surface area contributed by atoms with E-state index in [1.807, 2.05) is 0 Å². The molecule has 0 spiro atoms. The molecule has 134 valence electrons. The number of rotatable bonds is 9. The van der Waals surface area contributed by atoms with Crippen molar-refractivity contribution >= 4 is 30.7 Å². The van der Waals surface area contributed by atoms with E-state index in [1.165, 1.54) is 0 Å². The van der Waals surface area contributed by atoms with Gasteiger partial charge in [-0.3, -0.25) is 4.79 Å². The molecule has 0 aromatic heterocycles. The van der Waals surface area contributed by atoms with Crippen LogP contribution in [0.15, 0.2) is 0 Å². The summed E-state index contributed by atoms with van der Waals surface area (Å²) in [7, 11) is 1.55. The smallest absolute Gasteiger partial charge is 0.241 e. The average Bonchev–Trinajstić information content (AvgIpc) is 2.92. The van der Waals surface area contributed by atoms with Crippen molar-refractivity contribution in [3.63, 3.8) is 0 Å². The van der Waals surface area contributed by atoms with Gasteiger partial charge in [-0.15, -0.1) is 24.8 Å². The number of likely N-dealkylation sites (tertiary alicyclic amines) is 1. The molecule has 0 radical (unpaired) electrons. The predicted octanol–water partition coefficient (Wildman–Crippen LogP) is 0.763. The summed E-state index contributed by atoms with van der Waals surface area (Å²) in [5, 5.41) is 0. The molecule has 2 N–H and O–H groups in total. The fourth-order valence-electron chi connectivity index (χ4n) is 2.44. The molecule has 1 saturated heterocycles. The Bertz CT molecular complexity index is 295. The Kier molecular flexibility index (Phi) is 14.6. The molecule has 1 rings (SSSR count). The van der Waals surface area contributed by atoms with Crippen LogP contribution >= 0.6 is 24.8 Å². The van der Waals surface area contributed by atoms with Crippen LogP contribution in [0.3, 0.4) is 0 Å². The fraction of sp³-hybridized carbons (Fsp3) is 0.929. The molecule has 0 bridgehead atoms. The van der Waals surface area contributed by atoms with Crippen LogP contribution in [0.4, 0.5) is 0 Å². The summed E-state index contributed by atoms with van der Waals surface area (Å²) in [5.41, 5.74) is 5.77. The van der Waals surface area contributed by atoms with Gasteiger partial charge in [0.15, 0.2) is 0 Å². The molecule has 1 aliphatic heterocycles. The predicted molar refractivity (Wildman–Crippen MR) is 93.1 cm³/mol. The Morgan fingerprint density at radius 1 is 1.36 bits per heavy atom. The Labute approximate surface area is 146 Å². The maximum atomic E-state index is 12.0. The molecule has 2 atom stereocenters. The normalized spacial score (nSPS) is 18.8. The second-order valence-corrected chi connectivity index (χ2v) is 5.15. The number of carbonyl (C=O) groups excluding carboxylic acids is 1. The molecule has 0 aliphatic carbocycles. The lowest BCUT2D eigenvalue weighted by Gasteiger charge is -2.21. The Morgan fingerprint density at radius 2 is 2.00 bits per heavy atom. The van der Waals surface area contributed by atoms with E-state index in [1.54, 1.807) is 12.0 Å². The van der Waals surface area contributed by atoms with E-state index in [-0.39, 0.29) is 43.4 Å². The van der Waals surface area contributed by atoms with E-state index in [0.29, 0.717) is 6.54 Å². The molecule has 1 fully saturated rings. The maximum Gasteiger partial charge on any atom is 0.241 e. The highest BCUT2D eigenvalue weighted by molar-refractivity contribution is 5.85. The van der Waals surface area contributed by atoms with E-state index in [2.05, 4.69) is 18.7 Å². The van der Waals surface area contributed by atoms with E-state index in [0.717, 1.165) is 39.2 Å². The Balaban J connectivity index is 0. The van der Waals surface area contributed by atoms with Crippen LogP contribution in [0.5, 0.6) is 0 Å². The maximum absolute atomic E-state index is 12.0. The lowest BCUT2D eigenvalue weighted by atomic mass is 10.3. The van der Waals surface area contributed by atoms with Crippen molar-refractivity contribution in [1.82, 2.24) is 9.80 Å². The lowest BCUT2D eigenvalue weighted by Crippen LogP contribution is -2.45. The van der Waals surface area contributed by atoms with Crippen molar-refractivity contribution < 1.29 is 14.3 Å². The third-order valence-corrected chi connectivity index (χ3v) is 3.78. The molecule has 1 amide bonds. The molecule has 0 saturated carbocycles. The van der Waals surface area contributed by atoms with Crippen LogP contribution in [0, 0.1) is 0 Å². The minimum Gasteiger partial charge on any atom is -0.383 e. The molecule has 6 nitrogen and oxygen atoms in total. The molecule has 0 aromatic carbocycles.